The second kappa shape index (κ2) is 7.06. The monoisotopic (exact) mass is 292 g/mol. The van der Waals surface area contributed by atoms with Crippen LogP contribution in [-0.2, 0) is 5.75 Å². The van der Waals surface area contributed by atoms with Crippen LogP contribution in [-0.4, -0.2) is 29.1 Å². The van der Waals surface area contributed by atoms with Gasteiger partial charge in [-0.05, 0) is 19.1 Å². The van der Waals surface area contributed by atoms with Gasteiger partial charge in [0.05, 0.1) is 11.3 Å². The zero-order valence-corrected chi connectivity index (χ0v) is 11.9. The van der Waals surface area contributed by atoms with Gasteiger partial charge in [0.1, 0.15) is 10.8 Å². The van der Waals surface area contributed by atoms with Gasteiger partial charge in [-0.3, -0.25) is 4.79 Å². The van der Waals surface area contributed by atoms with Crippen LogP contribution in [0.1, 0.15) is 21.8 Å². The number of carbonyl (C=O) groups is 1. The summed E-state index contributed by atoms with van der Waals surface area (Å²) in [5.41, 5.74) is 6.75. The number of hydrogen-bond donors (Lipinski definition) is 2. The lowest BCUT2D eigenvalue weighted by Crippen LogP contribution is -2.29. The van der Waals surface area contributed by atoms with E-state index < -0.39 is 0 Å². The molecule has 0 aromatic carbocycles. The number of aromatic nitrogens is 2. The maximum atomic E-state index is 12.0. The van der Waals surface area contributed by atoms with E-state index in [-0.39, 0.29) is 5.91 Å². The quantitative estimate of drug-likeness (QED) is 0.781. The van der Waals surface area contributed by atoms with Crippen molar-refractivity contribution in [2.24, 2.45) is 5.73 Å². The number of nitrogens with two attached hydrogens (primary N) is 1. The van der Waals surface area contributed by atoms with Crippen LogP contribution in [0.25, 0.3) is 0 Å². The fraction of sp³-hybridized carbons (Fsp3) is 0.308. The van der Waals surface area contributed by atoms with Crippen molar-refractivity contribution in [2.75, 3.05) is 13.1 Å². The van der Waals surface area contributed by atoms with Gasteiger partial charge in [0.2, 0.25) is 0 Å². The summed E-state index contributed by atoms with van der Waals surface area (Å²) in [5, 5.41) is 7.32. The molecule has 2 heterocycles. The summed E-state index contributed by atoms with van der Waals surface area (Å²) in [6.45, 7) is 2.70. The molecule has 6 nitrogen and oxygen atoms in total. The number of nitrogens with one attached hydrogen (secondary N) is 1. The number of nitrogens with zero attached hydrogens (tertiary/aromatic N) is 2. The molecule has 0 saturated carbocycles. The van der Waals surface area contributed by atoms with Crippen molar-refractivity contribution in [3.8, 4) is 0 Å². The van der Waals surface area contributed by atoms with Crippen molar-refractivity contribution in [1.82, 2.24) is 15.5 Å². The molecule has 1 amide bonds. The van der Waals surface area contributed by atoms with Crippen molar-refractivity contribution < 1.29 is 9.32 Å². The minimum atomic E-state index is -0.164. The molecule has 0 saturated heterocycles. The molecule has 0 spiro atoms. The summed E-state index contributed by atoms with van der Waals surface area (Å²) in [7, 11) is 0. The highest BCUT2D eigenvalue weighted by Gasteiger charge is 2.13. The first kappa shape index (κ1) is 14.5. The van der Waals surface area contributed by atoms with Crippen LogP contribution in [0, 0.1) is 6.92 Å². The van der Waals surface area contributed by atoms with E-state index in [1.165, 1.54) is 11.8 Å². The molecule has 0 atom stereocenters. The minimum absolute atomic E-state index is 0.164. The van der Waals surface area contributed by atoms with Gasteiger partial charge >= 0.3 is 0 Å². The number of carbonyl (C=O) groups excluding carboxylic acids is 1. The van der Waals surface area contributed by atoms with Gasteiger partial charge in [-0.1, -0.05) is 16.9 Å². The SMILES string of the molecule is Cc1cc(CSc2ncccc2C(=O)NCCN)no1. The van der Waals surface area contributed by atoms with Crippen molar-refractivity contribution >= 4 is 17.7 Å². The molecule has 7 heteroatoms. The van der Waals surface area contributed by atoms with E-state index >= 15 is 0 Å². The summed E-state index contributed by atoms with van der Waals surface area (Å²) in [5.74, 6) is 1.20. The third kappa shape index (κ3) is 3.82. The fourth-order valence-corrected chi connectivity index (χ4v) is 2.46. The van der Waals surface area contributed by atoms with Gasteiger partial charge < -0.3 is 15.6 Å². The third-order valence-corrected chi connectivity index (χ3v) is 3.52. The Morgan fingerprint density at radius 1 is 1.55 bits per heavy atom. The van der Waals surface area contributed by atoms with Crippen molar-refractivity contribution in [3.05, 3.63) is 41.4 Å². The molecule has 0 radical (unpaired) electrons. The topological polar surface area (TPSA) is 94.0 Å². The number of pyridine rings is 1. The average Bonchev–Trinajstić information content (AvgIpc) is 2.88. The molecule has 0 aliphatic rings. The molecule has 0 bridgehead atoms. The highest BCUT2D eigenvalue weighted by Crippen LogP contribution is 2.23. The van der Waals surface area contributed by atoms with Crippen molar-refractivity contribution in [2.45, 2.75) is 17.7 Å². The lowest BCUT2D eigenvalue weighted by atomic mass is 10.2. The first-order valence-corrected chi connectivity index (χ1v) is 7.17. The van der Waals surface area contributed by atoms with Crippen LogP contribution in [0.4, 0.5) is 0 Å². The summed E-state index contributed by atoms with van der Waals surface area (Å²) in [6, 6.07) is 5.35. The first-order valence-electron chi connectivity index (χ1n) is 6.19. The number of amides is 1. The van der Waals surface area contributed by atoms with E-state index in [0.29, 0.717) is 29.4 Å². The second-order valence-corrected chi connectivity index (χ2v) is 5.08. The lowest BCUT2D eigenvalue weighted by molar-refractivity contribution is 0.0951. The van der Waals surface area contributed by atoms with E-state index in [1.54, 1.807) is 18.3 Å². The molecule has 106 valence electrons. The summed E-state index contributed by atoms with van der Waals surface area (Å²) in [6.07, 6.45) is 1.66. The van der Waals surface area contributed by atoms with Gasteiger partial charge in [0, 0.05) is 31.1 Å². The van der Waals surface area contributed by atoms with Gasteiger partial charge in [-0.25, -0.2) is 4.98 Å². The Labute approximate surface area is 121 Å². The number of thioether (sulfide) groups is 1. The van der Waals surface area contributed by atoms with Gasteiger partial charge in [0.25, 0.3) is 5.91 Å². The van der Waals surface area contributed by atoms with Crippen LogP contribution in [0.15, 0.2) is 33.9 Å². The average molecular weight is 292 g/mol. The Bertz CT molecular complexity index is 585. The molecular weight excluding hydrogens is 276 g/mol. The highest BCUT2D eigenvalue weighted by molar-refractivity contribution is 7.98. The standard InChI is InChI=1S/C13H16N4O2S/c1-9-7-10(17-19-9)8-20-13-11(3-2-5-16-13)12(18)15-6-4-14/h2-3,5,7H,4,6,8,14H2,1H3,(H,15,18). The molecular formula is C13H16N4O2S. The smallest absolute Gasteiger partial charge is 0.254 e. The zero-order valence-electron chi connectivity index (χ0n) is 11.1. The maximum Gasteiger partial charge on any atom is 0.254 e. The van der Waals surface area contributed by atoms with Crippen LogP contribution < -0.4 is 11.1 Å². The number of rotatable bonds is 6. The Balaban J connectivity index is 2.05. The summed E-state index contributed by atoms with van der Waals surface area (Å²) >= 11 is 1.45. The Hall–Kier alpha value is -1.86. The van der Waals surface area contributed by atoms with Crippen molar-refractivity contribution in [3.63, 3.8) is 0 Å². The molecule has 0 aliphatic heterocycles. The van der Waals surface area contributed by atoms with Gasteiger partial charge in [-0.15, -0.1) is 0 Å². The first-order chi connectivity index (χ1) is 9.70. The van der Waals surface area contributed by atoms with Crippen LogP contribution >= 0.6 is 11.8 Å². The molecule has 0 aliphatic carbocycles. The summed E-state index contributed by atoms with van der Waals surface area (Å²) in [4.78, 5) is 16.2. The van der Waals surface area contributed by atoms with Gasteiger partial charge in [-0.2, -0.15) is 0 Å². The van der Waals surface area contributed by atoms with Gasteiger partial charge in [0.15, 0.2) is 0 Å². The largest absolute Gasteiger partial charge is 0.361 e. The lowest BCUT2D eigenvalue weighted by Gasteiger charge is -2.07. The van der Waals surface area contributed by atoms with E-state index in [4.69, 9.17) is 10.3 Å². The molecule has 2 aromatic heterocycles. The minimum Gasteiger partial charge on any atom is -0.361 e. The number of aryl methyl sites for hydroxylation is 1. The fourth-order valence-electron chi connectivity index (χ4n) is 1.59. The summed E-state index contributed by atoms with van der Waals surface area (Å²) < 4.78 is 5.01. The van der Waals surface area contributed by atoms with Crippen molar-refractivity contribution in [1.29, 1.82) is 0 Å². The predicted octanol–water partition coefficient (Wildman–Crippen LogP) is 1.36. The van der Waals surface area contributed by atoms with Crippen LogP contribution in [0.2, 0.25) is 0 Å². The van der Waals surface area contributed by atoms with E-state index in [0.717, 1.165) is 11.5 Å². The third-order valence-electron chi connectivity index (χ3n) is 2.48. The molecule has 3 N–H and O–H groups in total. The normalized spacial score (nSPS) is 10.5. The Morgan fingerprint density at radius 2 is 2.40 bits per heavy atom. The van der Waals surface area contributed by atoms with E-state index in [2.05, 4.69) is 15.5 Å². The van der Waals surface area contributed by atoms with Crippen LogP contribution in [0.3, 0.4) is 0 Å². The number of hydrogen-bond acceptors (Lipinski definition) is 6. The highest BCUT2D eigenvalue weighted by atomic mass is 32.2. The Morgan fingerprint density at radius 3 is 3.10 bits per heavy atom. The molecule has 2 aromatic rings. The predicted molar refractivity (Wildman–Crippen MR) is 76.4 cm³/mol. The zero-order chi connectivity index (χ0) is 14.4. The van der Waals surface area contributed by atoms with E-state index in [9.17, 15) is 4.79 Å². The maximum absolute atomic E-state index is 12.0. The molecule has 0 fully saturated rings. The molecule has 0 unspecified atom stereocenters. The van der Waals surface area contributed by atoms with Crippen LogP contribution in [0.5, 0.6) is 0 Å². The van der Waals surface area contributed by atoms with E-state index in [1.807, 2.05) is 13.0 Å². The molecule has 2 rings (SSSR count). The molecule has 20 heavy (non-hydrogen) atoms. The second-order valence-electron chi connectivity index (χ2n) is 4.12. The Kier molecular flexibility index (Phi) is 5.14.